The van der Waals surface area contributed by atoms with E-state index in [-0.39, 0.29) is 0 Å². The first-order valence-electron chi connectivity index (χ1n) is 9.54. The van der Waals surface area contributed by atoms with E-state index in [1.165, 1.54) is 5.69 Å². The number of anilines is 1. The van der Waals surface area contributed by atoms with E-state index in [1.54, 1.807) is 13.3 Å². The lowest BCUT2D eigenvalue weighted by molar-refractivity contribution is 0.461. The normalized spacial score (nSPS) is 15.6. The number of furan rings is 1. The first kappa shape index (κ1) is 18.1. The first-order chi connectivity index (χ1) is 13.8. The molecule has 3 N–H and O–H groups in total. The van der Waals surface area contributed by atoms with Crippen LogP contribution in [0.3, 0.4) is 0 Å². The maximum atomic E-state index is 5.32. The summed E-state index contributed by atoms with van der Waals surface area (Å²) in [5.41, 5.74) is 1.29. The lowest BCUT2D eigenvalue weighted by Crippen LogP contribution is -2.48. The molecule has 0 spiro atoms. The van der Waals surface area contributed by atoms with Crippen LogP contribution in [0.25, 0.3) is 11.6 Å². The van der Waals surface area contributed by atoms with Gasteiger partial charge in [-0.15, -0.1) is 5.10 Å². The number of nitrogens with one attached hydrogen (secondary N) is 3. The maximum absolute atomic E-state index is 5.32. The van der Waals surface area contributed by atoms with Crippen LogP contribution in [0, 0.1) is 0 Å². The number of benzene rings is 1. The molecule has 1 aliphatic rings. The molecule has 0 saturated carbocycles. The fourth-order valence-corrected chi connectivity index (χ4v) is 3.37. The molecule has 2 aromatic heterocycles. The van der Waals surface area contributed by atoms with E-state index in [2.05, 4.69) is 66.0 Å². The van der Waals surface area contributed by atoms with E-state index in [0.717, 1.165) is 37.7 Å². The van der Waals surface area contributed by atoms with Gasteiger partial charge in [-0.05, 0) is 37.1 Å². The van der Waals surface area contributed by atoms with Crippen molar-refractivity contribution >= 4 is 11.6 Å². The molecule has 0 atom stereocenters. The zero-order valence-electron chi connectivity index (χ0n) is 15.9. The van der Waals surface area contributed by atoms with Gasteiger partial charge in [0.05, 0.1) is 12.8 Å². The number of hydrogen-bond acceptors (Lipinski definition) is 5. The van der Waals surface area contributed by atoms with Crippen molar-refractivity contribution in [3.8, 4) is 11.6 Å². The minimum Gasteiger partial charge on any atom is -0.461 e. The molecular weight excluding hydrogens is 354 g/mol. The van der Waals surface area contributed by atoms with Crippen LogP contribution in [0.5, 0.6) is 0 Å². The third-order valence-corrected chi connectivity index (χ3v) is 4.88. The summed E-state index contributed by atoms with van der Waals surface area (Å²) >= 11 is 0. The standard InChI is InChI=1S/C20H25N7O/c1-21-20(22-14-18-24-19(26-25-18)17-8-5-13-28-17)23-15-9-11-27(12-10-15)16-6-3-2-4-7-16/h2-8,13,15H,9-12,14H2,1H3,(H2,21,22,23)(H,24,25,26). The van der Waals surface area contributed by atoms with Crippen molar-refractivity contribution in [3.05, 3.63) is 54.6 Å². The number of nitrogens with zero attached hydrogens (tertiary/aromatic N) is 4. The molecule has 1 aliphatic heterocycles. The van der Waals surface area contributed by atoms with E-state index in [4.69, 9.17) is 4.42 Å². The Balaban J connectivity index is 1.25. The van der Waals surface area contributed by atoms with E-state index < -0.39 is 0 Å². The highest BCUT2D eigenvalue weighted by atomic mass is 16.3. The molecular formula is C20H25N7O. The van der Waals surface area contributed by atoms with Gasteiger partial charge in [0.15, 0.2) is 11.7 Å². The fourth-order valence-electron chi connectivity index (χ4n) is 3.37. The van der Waals surface area contributed by atoms with Crippen LogP contribution in [0.1, 0.15) is 18.7 Å². The predicted molar refractivity (Wildman–Crippen MR) is 109 cm³/mol. The van der Waals surface area contributed by atoms with E-state index >= 15 is 0 Å². The van der Waals surface area contributed by atoms with Gasteiger partial charge in [-0.1, -0.05) is 18.2 Å². The Hall–Kier alpha value is -3.29. The molecule has 0 aliphatic carbocycles. The summed E-state index contributed by atoms with van der Waals surface area (Å²) < 4.78 is 5.32. The summed E-state index contributed by atoms with van der Waals surface area (Å²) in [6, 6.07) is 14.6. The highest BCUT2D eigenvalue weighted by Gasteiger charge is 2.20. The second-order valence-electron chi connectivity index (χ2n) is 6.75. The topological polar surface area (TPSA) is 94.4 Å². The monoisotopic (exact) mass is 379 g/mol. The molecule has 0 radical (unpaired) electrons. The number of H-pyrrole nitrogens is 1. The lowest BCUT2D eigenvalue weighted by Gasteiger charge is -2.34. The number of aromatic amines is 1. The van der Waals surface area contributed by atoms with Gasteiger partial charge in [0.2, 0.25) is 5.82 Å². The number of rotatable bonds is 5. The second kappa shape index (κ2) is 8.60. The van der Waals surface area contributed by atoms with Gasteiger partial charge in [0.1, 0.15) is 5.82 Å². The highest BCUT2D eigenvalue weighted by molar-refractivity contribution is 5.79. The minimum absolute atomic E-state index is 0.402. The summed E-state index contributed by atoms with van der Waals surface area (Å²) in [6.07, 6.45) is 3.75. The largest absolute Gasteiger partial charge is 0.461 e. The van der Waals surface area contributed by atoms with Crippen LogP contribution in [0.2, 0.25) is 0 Å². The van der Waals surface area contributed by atoms with Crippen LogP contribution in [-0.2, 0) is 6.54 Å². The van der Waals surface area contributed by atoms with Crippen LogP contribution >= 0.6 is 0 Å². The van der Waals surface area contributed by atoms with E-state index in [1.807, 2.05) is 12.1 Å². The van der Waals surface area contributed by atoms with Gasteiger partial charge in [0.25, 0.3) is 0 Å². The Morgan fingerprint density at radius 2 is 2.04 bits per heavy atom. The molecule has 8 heteroatoms. The van der Waals surface area contributed by atoms with Crippen LogP contribution < -0.4 is 15.5 Å². The van der Waals surface area contributed by atoms with E-state index in [0.29, 0.717) is 24.2 Å². The molecule has 8 nitrogen and oxygen atoms in total. The van der Waals surface area contributed by atoms with Gasteiger partial charge in [0, 0.05) is 31.9 Å². The Labute approximate surface area is 164 Å². The summed E-state index contributed by atoms with van der Waals surface area (Å²) in [5, 5.41) is 13.9. The first-order valence-corrected chi connectivity index (χ1v) is 9.54. The number of piperidine rings is 1. The Bertz CT molecular complexity index is 880. The molecule has 0 amide bonds. The Morgan fingerprint density at radius 3 is 2.75 bits per heavy atom. The summed E-state index contributed by atoms with van der Waals surface area (Å²) in [4.78, 5) is 11.2. The zero-order chi connectivity index (χ0) is 19.2. The molecule has 0 unspecified atom stereocenters. The third kappa shape index (κ3) is 4.33. The SMILES string of the molecule is CN=C(NCc1nc(-c2ccco2)n[nH]1)NC1CCN(c2ccccc2)CC1. The van der Waals surface area contributed by atoms with Crippen molar-refractivity contribution in [2.75, 3.05) is 25.0 Å². The quantitative estimate of drug-likeness (QED) is 0.465. The number of hydrogen-bond donors (Lipinski definition) is 3. The van der Waals surface area contributed by atoms with Crippen molar-refractivity contribution in [2.24, 2.45) is 4.99 Å². The van der Waals surface area contributed by atoms with Crippen molar-refractivity contribution in [1.29, 1.82) is 0 Å². The third-order valence-electron chi connectivity index (χ3n) is 4.88. The number of para-hydroxylation sites is 1. The number of aromatic nitrogens is 3. The Morgan fingerprint density at radius 1 is 1.21 bits per heavy atom. The molecule has 28 heavy (non-hydrogen) atoms. The predicted octanol–water partition coefficient (Wildman–Crippen LogP) is 2.40. The van der Waals surface area contributed by atoms with Crippen LogP contribution in [-0.4, -0.2) is 47.3 Å². The molecule has 1 aromatic carbocycles. The fraction of sp³-hybridized carbons (Fsp3) is 0.350. The molecule has 146 valence electrons. The van der Waals surface area contributed by atoms with Crippen molar-refractivity contribution in [2.45, 2.75) is 25.4 Å². The average Bonchev–Trinajstić information content (AvgIpc) is 3.44. The zero-order valence-corrected chi connectivity index (χ0v) is 15.9. The van der Waals surface area contributed by atoms with Crippen molar-refractivity contribution in [1.82, 2.24) is 25.8 Å². The number of guanidine groups is 1. The van der Waals surface area contributed by atoms with Gasteiger partial charge in [-0.2, -0.15) is 0 Å². The smallest absolute Gasteiger partial charge is 0.216 e. The van der Waals surface area contributed by atoms with E-state index in [9.17, 15) is 0 Å². The minimum atomic E-state index is 0.402. The van der Waals surface area contributed by atoms with Gasteiger partial charge in [-0.3, -0.25) is 10.1 Å². The second-order valence-corrected chi connectivity index (χ2v) is 6.75. The van der Waals surface area contributed by atoms with Gasteiger partial charge >= 0.3 is 0 Å². The van der Waals surface area contributed by atoms with Crippen LogP contribution in [0.15, 0.2) is 58.1 Å². The van der Waals surface area contributed by atoms with Crippen molar-refractivity contribution in [3.63, 3.8) is 0 Å². The lowest BCUT2D eigenvalue weighted by atomic mass is 10.0. The van der Waals surface area contributed by atoms with Crippen molar-refractivity contribution < 1.29 is 4.42 Å². The molecule has 1 saturated heterocycles. The summed E-state index contributed by atoms with van der Waals surface area (Å²) in [5.74, 6) is 2.70. The molecule has 0 bridgehead atoms. The van der Waals surface area contributed by atoms with Crippen LogP contribution in [0.4, 0.5) is 5.69 Å². The molecule has 1 fully saturated rings. The van der Waals surface area contributed by atoms with Gasteiger partial charge < -0.3 is 20.0 Å². The number of aliphatic imine (C=N–C) groups is 1. The molecule has 3 aromatic rings. The van der Waals surface area contributed by atoms with Gasteiger partial charge in [-0.25, -0.2) is 4.98 Å². The molecule has 4 rings (SSSR count). The summed E-state index contributed by atoms with van der Waals surface area (Å²) in [6.45, 7) is 2.58. The average molecular weight is 379 g/mol. The Kier molecular flexibility index (Phi) is 5.56. The summed E-state index contributed by atoms with van der Waals surface area (Å²) in [7, 11) is 1.78. The maximum Gasteiger partial charge on any atom is 0.216 e. The molecule has 3 heterocycles. The highest BCUT2D eigenvalue weighted by Crippen LogP contribution is 2.19.